The van der Waals surface area contributed by atoms with Crippen molar-refractivity contribution in [1.29, 1.82) is 0 Å². The van der Waals surface area contributed by atoms with Gasteiger partial charge in [0, 0.05) is 38.9 Å². The Kier molecular flexibility index (Phi) is 10.8. The van der Waals surface area contributed by atoms with Gasteiger partial charge >= 0.3 is 5.97 Å². The molecule has 0 atom stereocenters. The number of hydrogen-bond donors (Lipinski definition) is 1. The summed E-state index contributed by atoms with van der Waals surface area (Å²) in [5.41, 5.74) is 3.62. The first-order valence-corrected chi connectivity index (χ1v) is 10.1. The van der Waals surface area contributed by atoms with Crippen LogP contribution < -0.4 is 10.1 Å². The molecular weight excluding hydrogens is 509 g/mol. The number of aromatic nitrogens is 2. The summed E-state index contributed by atoms with van der Waals surface area (Å²) in [6.07, 6.45) is 2.06. The van der Waals surface area contributed by atoms with Crippen molar-refractivity contribution in [3.63, 3.8) is 0 Å². The highest BCUT2D eigenvalue weighted by Crippen LogP contribution is 2.22. The van der Waals surface area contributed by atoms with Gasteiger partial charge in [-0.05, 0) is 30.5 Å². The molecule has 9 heteroatoms. The number of rotatable bonds is 8. The maximum Gasteiger partial charge on any atom is 0.341 e. The monoisotopic (exact) mass is 543 g/mol. The number of nitrogens with one attached hydrogen (secondary N) is 1. The summed E-state index contributed by atoms with van der Waals surface area (Å²) in [5, 5.41) is 7.93. The van der Waals surface area contributed by atoms with Gasteiger partial charge in [0.25, 0.3) is 0 Å². The first-order valence-electron chi connectivity index (χ1n) is 10.1. The largest absolute Gasteiger partial charge is 0.496 e. The number of aryl methyl sites for hydroxylation is 1. The number of ether oxygens (including phenoxy) is 2. The molecule has 8 nitrogen and oxygen atoms in total. The van der Waals surface area contributed by atoms with Crippen LogP contribution in [0.1, 0.15) is 53.9 Å². The highest BCUT2D eigenvalue weighted by atomic mass is 127. The second-order valence-electron chi connectivity index (χ2n) is 7.42. The van der Waals surface area contributed by atoms with Gasteiger partial charge in [0.2, 0.25) is 0 Å². The Hall–Kier alpha value is -2.30. The summed E-state index contributed by atoms with van der Waals surface area (Å²) in [6, 6.07) is 5.38. The van der Waals surface area contributed by atoms with Gasteiger partial charge in [-0.1, -0.05) is 19.9 Å². The molecule has 1 heterocycles. The van der Waals surface area contributed by atoms with Crippen molar-refractivity contribution in [2.24, 2.45) is 12.0 Å². The quantitative estimate of drug-likeness (QED) is 0.238. The van der Waals surface area contributed by atoms with Crippen molar-refractivity contribution in [2.75, 3.05) is 27.8 Å². The van der Waals surface area contributed by atoms with Crippen LogP contribution in [0.4, 0.5) is 0 Å². The predicted octanol–water partition coefficient (Wildman–Crippen LogP) is 3.55. The van der Waals surface area contributed by atoms with Crippen molar-refractivity contribution in [2.45, 2.75) is 39.8 Å². The molecule has 0 unspecified atom stereocenters. The van der Waals surface area contributed by atoms with Crippen LogP contribution in [0, 0.1) is 0 Å². The van der Waals surface area contributed by atoms with Crippen LogP contribution in [0.15, 0.2) is 29.4 Å². The number of nitrogens with zero attached hydrogens (tertiary/aromatic N) is 4. The van der Waals surface area contributed by atoms with E-state index in [-0.39, 0.29) is 24.0 Å². The zero-order valence-electron chi connectivity index (χ0n) is 19.4. The second-order valence-corrected chi connectivity index (χ2v) is 7.42. The Morgan fingerprint density at radius 2 is 2.03 bits per heavy atom. The van der Waals surface area contributed by atoms with Crippen LogP contribution in [0.5, 0.6) is 5.75 Å². The number of halogens is 1. The SMILES string of the molecule is CCNC(=NCc1ccc(C(=O)OC)c(OC)c1)N(C)Cc1cn(C)nc1C(C)C.I. The third kappa shape index (κ3) is 7.12. The minimum absolute atomic E-state index is 0. The molecule has 31 heavy (non-hydrogen) atoms. The smallest absolute Gasteiger partial charge is 0.341 e. The van der Waals surface area contributed by atoms with Crippen LogP contribution in [-0.2, 0) is 24.9 Å². The second kappa shape index (κ2) is 12.5. The first-order chi connectivity index (χ1) is 14.3. The molecule has 0 aliphatic heterocycles. The fourth-order valence-electron chi connectivity index (χ4n) is 3.24. The van der Waals surface area contributed by atoms with Crippen LogP contribution in [0.3, 0.4) is 0 Å². The van der Waals surface area contributed by atoms with Gasteiger partial charge < -0.3 is 19.7 Å². The van der Waals surface area contributed by atoms with E-state index in [9.17, 15) is 4.79 Å². The van der Waals surface area contributed by atoms with Gasteiger partial charge in [-0.2, -0.15) is 5.10 Å². The summed E-state index contributed by atoms with van der Waals surface area (Å²) >= 11 is 0. The molecular formula is C22H34IN5O3. The maximum absolute atomic E-state index is 11.8. The lowest BCUT2D eigenvalue weighted by atomic mass is 10.1. The molecule has 0 aliphatic carbocycles. The van der Waals surface area contributed by atoms with E-state index in [1.165, 1.54) is 19.8 Å². The van der Waals surface area contributed by atoms with Crippen molar-refractivity contribution >= 4 is 35.9 Å². The lowest BCUT2D eigenvalue weighted by molar-refractivity contribution is 0.0597. The summed E-state index contributed by atoms with van der Waals surface area (Å²) < 4.78 is 12.0. The minimum atomic E-state index is -0.424. The zero-order valence-corrected chi connectivity index (χ0v) is 21.8. The van der Waals surface area contributed by atoms with Gasteiger partial charge in [0.1, 0.15) is 11.3 Å². The van der Waals surface area contributed by atoms with Gasteiger partial charge in [-0.25, -0.2) is 9.79 Å². The molecule has 1 N–H and O–H groups in total. The van der Waals surface area contributed by atoms with Crippen LogP contribution in [0.2, 0.25) is 0 Å². The Morgan fingerprint density at radius 1 is 1.32 bits per heavy atom. The van der Waals surface area contributed by atoms with E-state index < -0.39 is 5.97 Å². The Labute approximate surface area is 202 Å². The lowest BCUT2D eigenvalue weighted by Crippen LogP contribution is -2.38. The minimum Gasteiger partial charge on any atom is -0.496 e. The molecule has 2 aromatic rings. The predicted molar refractivity (Wildman–Crippen MR) is 133 cm³/mol. The fraction of sp³-hybridized carbons (Fsp3) is 0.500. The fourth-order valence-corrected chi connectivity index (χ4v) is 3.24. The first kappa shape index (κ1) is 26.7. The van der Waals surface area contributed by atoms with E-state index in [0.717, 1.165) is 23.8 Å². The van der Waals surface area contributed by atoms with Gasteiger partial charge in [0.15, 0.2) is 5.96 Å². The number of carbonyl (C=O) groups is 1. The van der Waals surface area contributed by atoms with Gasteiger partial charge in [0.05, 0.1) is 26.5 Å². The van der Waals surface area contributed by atoms with Crippen LogP contribution in [0.25, 0.3) is 0 Å². The normalized spacial score (nSPS) is 11.2. The maximum atomic E-state index is 11.8. The van der Waals surface area contributed by atoms with Gasteiger partial charge in [-0.15, -0.1) is 24.0 Å². The zero-order chi connectivity index (χ0) is 22.3. The van der Waals surface area contributed by atoms with E-state index in [2.05, 4.69) is 35.4 Å². The van der Waals surface area contributed by atoms with E-state index in [0.29, 0.717) is 30.3 Å². The Balaban J connectivity index is 0.00000480. The standard InChI is InChI=1S/C22H33N5O3.HI/c1-8-23-22(26(4)13-17-14-27(5)25-20(17)15(2)3)24-12-16-9-10-18(21(28)30-7)19(11-16)29-6;/h9-11,14-15H,8,12-13H2,1-7H3,(H,23,24);1H. The van der Waals surface area contributed by atoms with Crippen molar-refractivity contribution < 1.29 is 14.3 Å². The van der Waals surface area contributed by atoms with E-state index >= 15 is 0 Å². The highest BCUT2D eigenvalue weighted by Gasteiger charge is 2.16. The third-order valence-electron chi connectivity index (χ3n) is 4.67. The van der Waals surface area contributed by atoms with Gasteiger partial charge in [-0.3, -0.25) is 4.68 Å². The van der Waals surface area contributed by atoms with Crippen LogP contribution >= 0.6 is 24.0 Å². The molecule has 172 valence electrons. The third-order valence-corrected chi connectivity index (χ3v) is 4.67. The molecule has 0 radical (unpaired) electrons. The molecule has 2 rings (SSSR count). The molecule has 0 saturated heterocycles. The number of methoxy groups -OCH3 is 2. The van der Waals surface area contributed by atoms with E-state index in [1.54, 1.807) is 6.07 Å². The highest BCUT2D eigenvalue weighted by molar-refractivity contribution is 14.0. The van der Waals surface area contributed by atoms with Crippen molar-refractivity contribution in [3.8, 4) is 5.75 Å². The van der Waals surface area contributed by atoms with Crippen LogP contribution in [-0.4, -0.2) is 54.4 Å². The molecule has 0 bridgehead atoms. The van der Waals surface area contributed by atoms with Crippen molar-refractivity contribution in [3.05, 3.63) is 46.8 Å². The average Bonchev–Trinajstić information content (AvgIpc) is 3.10. The number of carbonyl (C=O) groups excluding carboxylic acids is 1. The molecule has 0 amide bonds. The summed E-state index contributed by atoms with van der Waals surface area (Å²) in [7, 11) is 6.85. The number of aliphatic imine (C=N–C) groups is 1. The Morgan fingerprint density at radius 3 is 2.61 bits per heavy atom. The number of guanidine groups is 1. The molecule has 0 aliphatic rings. The molecule has 0 fully saturated rings. The number of benzene rings is 1. The summed E-state index contributed by atoms with van der Waals surface area (Å²) in [4.78, 5) is 18.7. The average molecular weight is 543 g/mol. The summed E-state index contributed by atoms with van der Waals surface area (Å²) in [6.45, 7) is 8.26. The van der Waals surface area contributed by atoms with Crippen molar-refractivity contribution in [1.82, 2.24) is 20.0 Å². The van der Waals surface area contributed by atoms with E-state index in [1.807, 2.05) is 37.8 Å². The Bertz CT molecular complexity index is 895. The lowest BCUT2D eigenvalue weighted by Gasteiger charge is -2.22. The molecule has 0 saturated carbocycles. The number of esters is 1. The molecule has 0 spiro atoms. The summed E-state index contributed by atoms with van der Waals surface area (Å²) in [5.74, 6) is 1.21. The van der Waals surface area contributed by atoms with E-state index in [4.69, 9.17) is 14.5 Å². The topological polar surface area (TPSA) is 81.0 Å². The molecule has 1 aromatic carbocycles. The number of hydrogen-bond acceptors (Lipinski definition) is 5. The molecule has 1 aromatic heterocycles.